The molecule has 4 nitrogen and oxygen atoms in total. The summed E-state index contributed by atoms with van der Waals surface area (Å²) in [4.78, 5) is 4.71. The van der Waals surface area contributed by atoms with Crippen LogP contribution in [-0.4, -0.2) is 23.7 Å². The van der Waals surface area contributed by atoms with Gasteiger partial charge in [0, 0.05) is 5.56 Å². The number of oxime groups is 2. The lowest BCUT2D eigenvalue weighted by Gasteiger charge is -2.04. The SMILES string of the molecule is CO/N=C(\C(C)=N\O)c1ccc(C)cc1. The monoisotopic (exact) mass is 206 g/mol. The van der Waals surface area contributed by atoms with E-state index in [1.165, 1.54) is 7.11 Å². The molecule has 0 radical (unpaired) electrons. The Labute approximate surface area is 88.9 Å². The molecule has 0 fully saturated rings. The van der Waals surface area contributed by atoms with Crippen LogP contribution in [0.2, 0.25) is 0 Å². The molecule has 0 aliphatic carbocycles. The summed E-state index contributed by atoms with van der Waals surface area (Å²) in [5, 5.41) is 15.6. The van der Waals surface area contributed by atoms with Crippen LogP contribution in [0, 0.1) is 6.92 Å². The van der Waals surface area contributed by atoms with Gasteiger partial charge >= 0.3 is 0 Å². The van der Waals surface area contributed by atoms with Gasteiger partial charge in [-0.25, -0.2) is 0 Å². The summed E-state index contributed by atoms with van der Waals surface area (Å²) in [6.07, 6.45) is 0. The summed E-state index contributed by atoms with van der Waals surface area (Å²) in [5.41, 5.74) is 2.97. The quantitative estimate of drug-likeness (QED) is 0.468. The lowest BCUT2D eigenvalue weighted by Crippen LogP contribution is -2.12. The maximum Gasteiger partial charge on any atom is 0.134 e. The van der Waals surface area contributed by atoms with E-state index in [-0.39, 0.29) is 0 Å². The fourth-order valence-corrected chi connectivity index (χ4v) is 1.18. The molecule has 0 amide bonds. The number of hydrogen-bond donors (Lipinski definition) is 1. The molecule has 80 valence electrons. The van der Waals surface area contributed by atoms with Gasteiger partial charge in [-0.05, 0) is 13.8 Å². The van der Waals surface area contributed by atoms with Gasteiger partial charge in [0.2, 0.25) is 0 Å². The van der Waals surface area contributed by atoms with E-state index >= 15 is 0 Å². The van der Waals surface area contributed by atoms with E-state index in [1.807, 2.05) is 31.2 Å². The first-order chi connectivity index (χ1) is 7.19. The van der Waals surface area contributed by atoms with Crippen LogP contribution in [0.25, 0.3) is 0 Å². The molecular formula is C11H14N2O2. The first kappa shape index (κ1) is 11.2. The molecule has 0 unspecified atom stereocenters. The molecule has 1 aromatic carbocycles. The molecule has 1 aromatic rings. The summed E-state index contributed by atoms with van der Waals surface area (Å²) in [6, 6.07) is 7.74. The third-order valence-corrected chi connectivity index (χ3v) is 2.00. The van der Waals surface area contributed by atoms with Crippen molar-refractivity contribution in [3.63, 3.8) is 0 Å². The molecule has 0 atom stereocenters. The Bertz CT molecular complexity index is 380. The van der Waals surface area contributed by atoms with Gasteiger partial charge in [0.15, 0.2) is 0 Å². The summed E-state index contributed by atoms with van der Waals surface area (Å²) < 4.78 is 0. The number of rotatable bonds is 3. The van der Waals surface area contributed by atoms with Crippen LogP contribution in [0.1, 0.15) is 18.1 Å². The molecule has 1 rings (SSSR count). The van der Waals surface area contributed by atoms with Crippen LogP contribution in [0.5, 0.6) is 0 Å². The van der Waals surface area contributed by atoms with Gasteiger partial charge in [0.1, 0.15) is 18.5 Å². The zero-order chi connectivity index (χ0) is 11.3. The van der Waals surface area contributed by atoms with Crippen molar-refractivity contribution in [2.75, 3.05) is 7.11 Å². The number of hydrogen-bond acceptors (Lipinski definition) is 4. The van der Waals surface area contributed by atoms with E-state index in [4.69, 9.17) is 10.0 Å². The van der Waals surface area contributed by atoms with E-state index in [9.17, 15) is 0 Å². The molecule has 1 N–H and O–H groups in total. The van der Waals surface area contributed by atoms with Crippen LogP contribution in [0.4, 0.5) is 0 Å². The van der Waals surface area contributed by atoms with Gasteiger partial charge in [-0.15, -0.1) is 0 Å². The smallest absolute Gasteiger partial charge is 0.134 e. The minimum Gasteiger partial charge on any atom is -0.411 e. The van der Waals surface area contributed by atoms with Crippen LogP contribution in [0.3, 0.4) is 0 Å². The molecule has 0 saturated heterocycles. The second-order valence-corrected chi connectivity index (χ2v) is 3.17. The van der Waals surface area contributed by atoms with Crippen molar-refractivity contribution in [1.82, 2.24) is 0 Å². The molecule has 15 heavy (non-hydrogen) atoms. The van der Waals surface area contributed by atoms with Crippen LogP contribution >= 0.6 is 0 Å². The van der Waals surface area contributed by atoms with E-state index in [2.05, 4.69) is 10.3 Å². The highest BCUT2D eigenvalue weighted by molar-refractivity contribution is 6.47. The molecule has 0 heterocycles. The van der Waals surface area contributed by atoms with Crippen LogP contribution in [-0.2, 0) is 4.84 Å². The third kappa shape index (κ3) is 2.80. The summed E-state index contributed by atoms with van der Waals surface area (Å²) in [5.74, 6) is 0. The van der Waals surface area contributed by atoms with Crippen LogP contribution in [0.15, 0.2) is 34.6 Å². The van der Waals surface area contributed by atoms with Crippen molar-refractivity contribution in [2.45, 2.75) is 13.8 Å². The predicted molar refractivity (Wildman–Crippen MR) is 59.6 cm³/mol. The zero-order valence-corrected chi connectivity index (χ0v) is 9.06. The average molecular weight is 206 g/mol. The lowest BCUT2D eigenvalue weighted by molar-refractivity contribution is 0.214. The Balaban J connectivity index is 3.11. The molecule has 4 heteroatoms. The Morgan fingerprint density at radius 3 is 2.33 bits per heavy atom. The Hall–Kier alpha value is -1.84. The van der Waals surface area contributed by atoms with Crippen molar-refractivity contribution < 1.29 is 10.0 Å². The normalized spacial score (nSPS) is 12.7. The number of aryl methyl sites for hydroxylation is 1. The van der Waals surface area contributed by atoms with Crippen molar-refractivity contribution in [2.24, 2.45) is 10.3 Å². The molecule has 0 spiro atoms. The van der Waals surface area contributed by atoms with Gasteiger partial charge in [-0.3, -0.25) is 0 Å². The van der Waals surface area contributed by atoms with E-state index < -0.39 is 0 Å². The van der Waals surface area contributed by atoms with Gasteiger partial charge < -0.3 is 10.0 Å². The fraction of sp³-hybridized carbons (Fsp3) is 0.273. The maximum atomic E-state index is 8.70. The average Bonchev–Trinajstić information content (AvgIpc) is 2.26. The molecule has 0 aliphatic heterocycles. The first-order valence-corrected chi connectivity index (χ1v) is 4.56. The molecular weight excluding hydrogens is 192 g/mol. The number of nitrogens with zero attached hydrogens (tertiary/aromatic N) is 2. The summed E-state index contributed by atoms with van der Waals surface area (Å²) in [7, 11) is 1.46. The van der Waals surface area contributed by atoms with Crippen LogP contribution < -0.4 is 0 Å². The second kappa shape index (κ2) is 5.14. The molecule has 0 aromatic heterocycles. The highest BCUT2D eigenvalue weighted by Crippen LogP contribution is 2.06. The topological polar surface area (TPSA) is 54.2 Å². The zero-order valence-electron chi connectivity index (χ0n) is 9.06. The standard InChI is InChI=1S/C11H14N2O2/c1-8-4-6-10(7-5-8)11(13-15-3)9(2)12-14/h4-7,14H,1-3H3/b12-9+,13-11+. The second-order valence-electron chi connectivity index (χ2n) is 3.17. The summed E-state index contributed by atoms with van der Waals surface area (Å²) >= 11 is 0. The minimum atomic E-state index is 0.417. The van der Waals surface area contributed by atoms with Crippen molar-refractivity contribution in [3.8, 4) is 0 Å². The Kier molecular flexibility index (Phi) is 3.85. The van der Waals surface area contributed by atoms with Crippen molar-refractivity contribution >= 4 is 11.4 Å². The van der Waals surface area contributed by atoms with E-state index in [0.717, 1.165) is 11.1 Å². The Morgan fingerprint density at radius 2 is 1.87 bits per heavy atom. The van der Waals surface area contributed by atoms with Crippen molar-refractivity contribution in [1.29, 1.82) is 0 Å². The first-order valence-electron chi connectivity index (χ1n) is 4.56. The van der Waals surface area contributed by atoms with Gasteiger partial charge in [0.25, 0.3) is 0 Å². The largest absolute Gasteiger partial charge is 0.411 e. The van der Waals surface area contributed by atoms with E-state index in [0.29, 0.717) is 11.4 Å². The van der Waals surface area contributed by atoms with Gasteiger partial charge in [-0.2, -0.15) is 0 Å². The fourth-order valence-electron chi connectivity index (χ4n) is 1.18. The van der Waals surface area contributed by atoms with Gasteiger partial charge in [-0.1, -0.05) is 40.1 Å². The van der Waals surface area contributed by atoms with Crippen molar-refractivity contribution in [3.05, 3.63) is 35.4 Å². The predicted octanol–water partition coefficient (Wildman–Crippen LogP) is 2.20. The van der Waals surface area contributed by atoms with Gasteiger partial charge in [0.05, 0.1) is 0 Å². The minimum absolute atomic E-state index is 0.417. The maximum absolute atomic E-state index is 8.70. The molecule has 0 bridgehead atoms. The third-order valence-electron chi connectivity index (χ3n) is 2.00. The summed E-state index contributed by atoms with van der Waals surface area (Å²) in [6.45, 7) is 3.67. The highest BCUT2D eigenvalue weighted by Gasteiger charge is 2.08. The lowest BCUT2D eigenvalue weighted by atomic mass is 10.1. The Morgan fingerprint density at radius 1 is 1.27 bits per heavy atom. The number of benzene rings is 1. The molecule has 0 aliphatic rings. The molecule has 0 saturated carbocycles. The van der Waals surface area contributed by atoms with E-state index in [1.54, 1.807) is 6.92 Å². The highest BCUT2D eigenvalue weighted by atomic mass is 16.6.